The molecule has 0 amide bonds. The van der Waals surface area contributed by atoms with E-state index in [1.165, 1.54) is 28.1 Å². The summed E-state index contributed by atoms with van der Waals surface area (Å²) in [4.78, 5) is 5.50. The van der Waals surface area contributed by atoms with Gasteiger partial charge in [0.25, 0.3) is 0 Å². The summed E-state index contributed by atoms with van der Waals surface area (Å²) >= 11 is 7.58. The second-order valence-corrected chi connectivity index (χ2v) is 15.4. The maximum absolute atomic E-state index is 3.47. The van der Waals surface area contributed by atoms with E-state index in [1.807, 2.05) is 47.0 Å². The van der Waals surface area contributed by atoms with Gasteiger partial charge in [-0.05, 0) is 30.6 Å². The molecular weight excluding hydrogens is 325 g/mol. The normalized spacial score (nSPS) is 20.3. The average Bonchev–Trinajstić information content (AvgIpc) is 2.80. The van der Waals surface area contributed by atoms with Crippen LogP contribution in [0.3, 0.4) is 0 Å². The fourth-order valence-corrected chi connectivity index (χ4v) is 7.17. The summed E-state index contributed by atoms with van der Waals surface area (Å²) < 4.78 is 2.86. The molecule has 0 spiro atoms. The number of rotatable bonds is 0. The minimum Gasteiger partial charge on any atom is -0.126 e. The standard InChI is InChI=1S/C14H18S4Si/c1-9-10(2)16-13(15-9)14-17-11(3)12(18-14)7-8-19(4,5)6/h1-6H3. The Hall–Kier alpha value is 0.397. The average molecular weight is 343 g/mol. The predicted molar refractivity (Wildman–Crippen MR) is 99.6 cm³/mol. The Kier molecular flexibility index (Phi) is 5.00. The van der Waals surface area contributed by atoms with Gasteiger partial charge in [0.15, 0.2) is 0 Å². The van der Waals surface area contributed by atoms with Crippen molar-refractivity contribution in [3.05, 3.63) is 28.1 Å². The first-order chi connectivity index (χ1) is 8.76. The van der Waals surface area contributed by atoms with Crippen LogP contribution in [0, 0.1) is 11.5 Å². The van der Waals surface area contributed by atoms with Gasteiger partial charge in [-0.2, -0.15) is 0 Å². The molecule has 0 fully saturated rings. The molecule has 0 saturated carbocycles. The summed E-state index contributed by atoms with van der Waals surface area (Å²) in [7, 11) is -1.28. The topological polar surface area (TPSA) is 0 Å². The van der Waals surface area contributed by atoms with E-state index < -0.39 is 8.07 Å². The minimum absolute atomic E-state index is 1.26. The van der Waals surface area contributed by atoms with Gasteiger partial charge in [-0.3, -0.25) is 0 Å². The highest BCUT2D eigenvalue weighted by molar-refractivity contribution is 8.34. The Morgan fingerprint density at radius 3 is 1.74 bits per heavy atom. The van der Waals surface area contributed by atoms with E-state index in [2.05, 4.69) is 51.9 Å². The Morgan fingerprint density at radius 1 is 0.737 bits per heavy atom. The van der Waals surface area contributed by atoms with Gasteiger partial charge >= 0.3 is 0 Å². The van der Waals surface area contributed by atoms with Crippen molar-refractivity contribution in [3.8, 4) is 11.5 Å². The molecule has 0 aliphatic carbocycles. The summed E-state index contributed by atoms with van der Waals surface area (Å²) in [6, 6.07) is 0. The molecule has 2 rings (SSSR count). The molecule has 2 aliphatic rings. The van der Waals surface area contributed by atoms with E-state index in [-0.39, 0.29) is 0 Å². The molecule has 0 aromatic carbocycles. The fraction of sp³-hybridized carbons (Fsp3) is 0.429. The Bertz CT molecular complexity index is 548. The Labute approximate surface area is 134 Å². The second-order valence-electron chi connectivity index (χ2n) is 5.48. The molecule has 0 unspecified atom stereocenters. The smallest absolute Gasteiger partial charge is 0.126 e. The van der Waals surface area contributed by atoms with Gasteiger partial charge in [0.05, 0.1) is 13.4 Å². The first-order valence-corrected chi connectivity index (χ1v) is 12.9. The van der Waals surface area contributed by atoms with Crippen LogP contribution in [-0.2, 0) is 0 Å². The molecule has 0 saturated heterocycles. The van der Waals surface area contributed by atoms with Crippen LogP contribution in [-0.4, -0.2) is 8.07 Å². The summed E-state index contributed by atoms with van der Waals surface area (Å²) in [6.45, 7) is 13.5. The van der Waals surface area contributed by atoms with Crippen LogP contribution in [0.15, 0.2) is 28.1 Å². The maximum atomic E-state index is 3.47. The largest absolute Gasteiger partial charge is 0.129 e. The summed E-state index contributed by atoms with van der Waals surface area (Å²) in [5.74, 6) is 3.41. The van der Waals surface area contributed by atoms with Gasteiger partial charge in [0, 0.05) is 4.91 Å². The molecule has 0 aromatic rings. The maximum Gasteiger partial charge on any atom is 0.129 e. The van der Waals surface area contributed by atoms with Gasteiger partial charge in [0.2, 0.25) is 0 Å². The van der Waals surface area contributed by atoms with E-state index >= 15 is 0 Å². The van der Waals surface area contributed by atoms with Crippen LogP contribution in [0.25, 0.3) is 0 Å². The summed E-state index contributed by atoms with van der Waals surface area (Å²) in [6.07, 6.45) is 0. The molecular formula is C14H18S4Si. The van der Waals surface area contributed by atoms with E-state index in [0.29, 0.717) is 0 Å². The van der Waals surface area contributed by atoms with Gasteiger partial charge in [-0.15, -0.1) is 5.54 Å². The highest BCUT2D eigenvalue weighted by atomic mass is 32.2. The quantitative estimate of drug-likeness (QED) is 0.367. The van der Waals surface area contributed by atoms with Crippen LogP contribution in [0.4, 0.5) is 0 Å². The molecule has 0 bridgehead atoms. The first kappa shape index (κ1) is 15.8. The molecule has 19 heavy (non-hydrogen) atoms. The van der Waals surface area contributed by atoms with E-state index in [4.69, 9.17) is 0 Å². The molecule has 5 heteroatoms. The molecule has 0 nitrogen and oxygen atoms in total. The number of thioether (sulfide) groups is 4. The summed E-state index contributed by atoms with van der Waals surface area (Å²) in [5.41, 5.74) is 3.47. The number of allylic oxidation sites excluding steroid dienone is 4. The van der Waals surface area contributed by atoms with Gasteiger partial charge in [-0.1, -0.05) is 72.6 Å². The van der Waals surface area contributed by atoms with Crippen molar-refractivity contribution in [1.29, 1.82) is 0 Å². The number of hydrogen-bond donors (Lipinski definition) is 0. The van der Waals surface area contributed by atoms with E-state index in [9.17, 15) is 0 Å². The molecule has 0 radical (unpaired) electrons. The van der Waals surface area contributed by atoms with Crippen molar-refractivity contribution in [1.82, 2.24) is 0 Å². The fourth-order valence-electron chi connectivity index (χ4n) is 1.34. The Balaban J connectivity index is 2.14. The second kappa shape index (κ2) is 6.03. The lowest BCUT2D eigenvalue weighted by atomic mass is 10.5. The van der Waals surface area contributed by atoms with Crippen molar-refractivity contribution >= 4 is 55.1 Å². The lowest BCUT2D eigenvalue weighted by Gasteiger charge is -2.03. The zero-order chi connectivity index (χ0) is 14.2. The van der Waals surface area contributed by atoms with Crippen molar-refractivity contribution in [3.63, 3.8) is 0 Å². The highest BCUT2D eigenvalue weighted by Gasteiger charge is 2.25. The molecule has 2 aliphatic heterocycles. The van der Waals surface area contributed by atoms with Crippen molar-refractivity contribution in [2.45, 2.75) is 40.4 Å². The lowest BCUT2D eigenvalue weighted by molar-refractivity contribution is 1.57. The van der Waals surface area contributed by atoms with Crippen LogP contribution in [0.2, 0.25) is 19.6 Å². The van der Waals surface area contributed by atoms with E-state index in [0.717, 1.165) is 0 Å². The number of hydrogen-bond acceptors (Lipinski definition) is 4. The van der Waals surface area contributed by atoms with Crippen LogP contribution in [0.5, 0.6) is 0 Å². The van der Waals surface area contributed by atoms with Crippen molar-refractivity contribution in [2.24, 2.45) is 0 Å². The Morgan fingerprint density at radius 2 is 1.21 bits per heavy atom. The summed E-state index contributed by atoms with van der Waals surface area (Å²) in [5, 5.41) is 0. The molecule has 0 atom stereocenters. The van der Waals surface area contributed by atoms with E-state index in [1.54, 1.807) is 0 Å². The third-order valence-corrected chi connectivity index (χ3v) is 9.02. The molecule has 2 heterocycles. The molecule has 0 aromatic heterocycles. The highest BCUT2D eigenvalue weighted by Crippen LogP contribution is 2.59. The SMILES string of the molecule is CC1=C(C)SC(=C2SC(C)=C(C#C[Si](C)(C)C)S2)S1. The van der Waals surface area contributed by atoms with Crippen LogP contribution < -0.4 is 0 Å². The zero-order valence-electron chi connectivity index (χ0n) is 12.1. The third kappa shape index (κ3) is 4.18. The first-order valence-electron chi connectivity index (χ1n) is 6.13. The minimum atomic E-state index is -1.28. The lowest BCUT2D eigenvalue weighted by Crippen LogP contribution is -2.16. The van der Waals surface area contributed by atoms with Gasteiger partial charge in [0.1, 0.15) is 8.07 Å². The van der Waals surface area contributed by atoms with Crippen molar-refractivity contribution < 1.29 is 0 Å². The zero-order valence-corrected chi connectivity index (χ0v) is 16.4. The van der Waals surface area contributed by atoms with Gasteiger partial charge in [-0.25, -0.2) is 0 Å². The predicted octanol–water partition coefficient (Wildman–Crippen LogP) is 6.44. The van der Waals surface area contributed by atoms with Crippen LogP contribution >= 0.6 is 47.0 Å². The van der Waals surface area contributed by atoms with Gasteiger partial charge < -0.3 is 0 Å². The molecule has 0 N–H and O–H groups in total. The monoisotopic (exact) mass is 342 g/mol. The van der Waals surface area contributed by atoms with Crippen molar-refractivity contribution in [2.75, 3.05) is 0 Å². The van der Waals surface area contributed by atoms with Crippen LogP contribution in [0.1, 0.15) is 20.8 Å². The molecule has 102 valence electrons. The third-order valence-electron chi connectivity index (χ3n) is 2.47.